The molecule has 0 N–H and O–H groups in total. The topological polar surface area (TPSA) is 26.3 Å². The molecule has 4 unspecified atom stereocenters. The van der Waals surface area contributed by atoms with Gasteiger partial charge in [-0.15, -0.1) is 0 Å². The van der Waals surface area contributed by atoms with Gasteiger partial charge in [0, 0.05) is 16.8 Å². The molecule has 1 saturated heterocycles. The Balaban J connectivity index is 2.13. The van der Waals surface area contributed by atoms with Gasteiger partial charge in [-0.2, -0.15) is 0 Å². The van der Waals surface area contributed by atoms with E-state index in [1.165, 1.54) is 12.1 Å². The molecule has 2 rings (SSSR count). The summed E-state index contributed by atoms with van der Waals surface area (Å²) in [7, 11) is 0. The highest BCUT2D eigenvalue weighted by Crippen LogP contribution is 2.34. The molecule has 104 valence electrons. The zero-order valence-corrected chi connectivity index (χ0v) is 12.9. The fourth-order valence-corrected chi connectivity index (χ4v) is 3.28. The van der Waals surface area contributed by atoms with E-state index in [9.17, 15) is 9.18 Å². The first-order valence-electron chi connectivity index (χ1n) is 6.52. The molecule has 0 saturated carbocycles. The quantitative estimate of drug-likeness (QED) is 0.844. The maximum atomic E-state index is 13.0. The van der Waals surface area contributed by atoms with E-state index in [0.29, 0.717) is 10.9 Å². The summed E-state index contributed by atoms with van der Waals surface area (Å²) in [6.45, 7) is 6.00. The Kier molecular flexibility index (Phi) is 4.41. The van der Waals surface area contributed by atoms with Gasteiger partial charge in [0.15, 0.2) is 0 Å². The Morgan fingerprint density at radius 1 is 1.32 bits per heavy atom. The Morgan fingerprint density at radius 3 is 2.53 bits per heavy atom. The van der Waals surface area contributed by atoms with E-state index in [1.54, 1.807) is 6.07 Å². The molecule has 4 heteroatoms. The molecule has 0 aromatic heterocycles. The first-order valence-corrected chi connectivity index (χ1v) is 7.31. The van der Waals surface area contributed by atoms with Gasteiger partial charge in [0.25, 0.3) is 0 Å². The number of rotatable bonds is 3. The highest BCUT2D eigenvalue weighted by Gasteiger charge is 2.41. The van der Waals surface area contributed by atoms with Crippen LogP contribution in [0.4, 0.5) is 4.39 Å². The normalized spacial score (nSPS) is 30.6. The highest BCUT2D eigenvalue weighted by molar-refractivity contribution is 9.10. The van der Waals surface area contributed by atoms with Crippen LogP contribution in [0.2, 0.25) is 0 Å². The number of hydrogen-bond donors (Lipinski definition) is 0. The van der Waals surface area contributed by atoms with E-state index in [4.69, 9.17) is 4.74 Å². The SMILES string of the molecule is CC1OC(C)C(C(=O)Cc2ccc(F)cc2Br)C1C. The smallest absolute Gasteiger partial charge is 0.143 e. The Bertz CT molecular complexity index is 489. The van der Waals surface area contributed by atoms with Crippen LogP contribution in [0.5, 0.6) is 0 Å². The number of benzene rings is 1. The number of ketones is 1. The van der Waals surface area contributed by atoms with E-state index in [0.717, 1.165) is 5.56 Å². The summed E-state index contributed by atoms with van der Waals surface area (Å²) in [5, 5.41) is 0. The van der Waals surface area contributed by atoms with Crippen LogP contribution in [-0.4, -0.2) is 18.0 Å². The van der Waals surface area contributed by atoms with E-state index in [1.807, 2.05) is 13.8 Å². The Morgan fingerprint density at radius 2 is 2.00 bits per heavy atom. The zero-order chi connectivity index (χ0) is 14.2. The minimum Gasteiger partial charge on any atom is -0.375 e. The van der Waals surface area contributed by atoms with Gasteiger partial charge in [-0.3, -0.25) is 4.79 Å². The van der Waals surface area contributed by atoms with Gasteiger partial charge in [-0.05, 0) is 37.5 Å². The molecule has 0 radical (unpaired) electrons. The van der Waals surface area contributed by atoms with E-state index in [-0.39, 0.29) is 35.6 Å². The molecule has 1 heterocycles. The van der Waals surface area contributed by atoms with E-state index in [2.05, 4.69) is 22.9 Å². The van der Waals surface area contributed by atoms with Gasteiger partial charge in [0.05, 0.1) is 12.2 Å². The second kappa shape index (κ2) is 5.71. The number of ether oxygens (including phenoxy) is 1. The van der Waals surface area contributed by atoms with Crippen LogP contribution in [0, 0.1) is 17.7 Å². The van der Waals surface area contributed by atoms with Crippen molar-refractivity contribution in [3.05, 3.63) is 34.1 Å². The number of carbonyl (C=O) groups is 1. The van der Waals surface area contributed by atoms with Crippen LogP contribution in [-0.2, 0) is 16.0 Å². The third kappa shape index (κ3) is 3.06. The minimum atomic E-state index is -0.303. The zero-order valence-electron chi connectivity index (χ0n) is 11.3. The van der Waals surface area contributed by atoms with Gasteiger partial charge < -0.3 is 4.74 Å². The lowest BCUT2D eigenvalue weighted by Crippen LogP contribution is -2.28. The number of hydrogen-bond acceptors (Lipinski definition) is 2. The summed E-state index contributed by atoms with van der Waals surface area (Å²) in [6.07, 6.45) is 0.383. The molecule has 0 amide bonds. The Hall–Kier alpha value is -0.740. The molecule has 1 aliphatic heterocycles. The van der Waals surface area contributed by atoms with Crippen LogP contribution < -0.4 is 0 Å². The molecule has 0 spiro atoms. The van der Waals surface area contributed by atoms with Crippen LogP contribution in [0.1, 0.15) is 26.3 Å². The molecule has 0 aliphatic carbocycles. The van der Waals surface area contributed by atoms with Crippen LogP contribution in [0.25, 0.3) is 0 Å². The molecular formula is C15H18BrFO2. The summed E-state index contributed by atoms with van der Waals surface area (Å²) in [5.41, 5.74) is 0.824. The van der Waals surface area contributed by atoms with Gasteiger partial charge in [-0.1, -0.05) is 28.9 Å². The fraction of sp³-hybridized carbons (Fsp3) is 0.533. The monoisotopic (exact) mass is 328 g/mol. The average Bonchev–Trinajstić information content (AvgIpc) is 2.57. The standard InChI is InChI=1S/C15H18BrFO2/c1-8-9(2)19-10(3)15(8)14(18)6-11-4-5-12(17)7-13(11)16/h4-5,7-10,15H,6H2,1-3H3. The third-order valence-corrected chi connectivity index (χ3v) is 4.73. The van der Waals surface area contributed by atoms with Crippen molar-refractivity contribution in [1.29, 1.82) is 0 Å². The molecule has 19 heavy (non-hydrogen) atoms. The van der Waals surface area contributed by atoms with Gasteiger partial charge in [-0.25, -0.2) is 4.39 Å². The van der Waals surface area contributed by atoms with Crippen LogP contribution in [0.3, 0.4) is 0 Å². The van der Waals surface area contributed by atoms with Crippen LogP contribution >= 0.6 is 15.9 Å². The number of Topliss-reactive ketones (excluding diaryl/α,β-unsaturated/α-hetero) is 1. The molecule has 1 aromatic rings. The minimum absolute atomic E-state index is 0.0447. The summed E-state index contributed by atoms with van der Waals surface area (Å²) >= 11 is 3.30. The Labute approximate surface area is 121 Å². The molecular weight excluding hydrogens is 311 g/mol. The van der Waals surface area contributed by atoms with E-state index < -0.39 is 0 Å². The molecule has 1 aromatic carbocycles. The van der Waals surface area contributed by atoms with Gasteiger partial charge in [0.1, 0.15) is 11.6 Å². The molecule has 1 aliphatic rings. The van der Waals surface area contributed by atoms with Crippen molar-refractivity contribution in [2.75, 3.05) is 0 Å². The maximum Gasteiger partial charge on any atom is 0.143 e. The van der Waals surface area contributed by atoms with Gasteiger partial charge >= 0.3 is 0 Å². The first kappa shape index (κ1) is 14.7. The van der Waals surface area contributed by atoms with Crippen molar-refractivity contribution in [3.63, 3.8) is 0 Å². The van der Waals surface area contributed by atoms with Crippen molar-refractivity contribution in [1.82, 2.24) is 0 Å². The lowest BCUT2D eigenvalue weighted by Gasteiger charge is -2.17. The predicted octanol–water partition coefficient (Wildman–Crippen LogP) is 3.76. The van der Waals surface area contributed by atoms with Crippen molar-refractivity contribution in [3.8, 4) is 0 Å². The maximum absolute atomic E-state index is 13.0. The largest absolute Gasteiger partial charge is 0.375 e. The van der Waals surface area contributed by atoms with Crippen molar-refractivity contribution in [2.24, 2.45) is 11.8 Å². The van der Waals surface area contributed by atoms with Gasteiger partial charge in [0.2, 0.25) is 0 Å². The highest BCUT2D eigenvalue weighted by atomic mass is 79.9. The second-order valence-electron chi connectivity index (χ2n) is 5.31. The lowest BCUT2D eigenvalue weighted by atomic mass is 9.84. The fourth-order valence-electron chi connectivity index (χ4n) is 2.79. The summed E-state index contributed by atoms with van der Waals surface area (Å²) in [5.74, 6) is 0.00738. The van der Waals surface area contributed by atoms with Crippen molar-refractivity contribution >= 4 is 21.7 Å². The average molecular weight is 329 g/mol. The third-order valence-electron chi connectivity index (χ3n) is 3.99. The predicted molar refractivity (Wildman–Crippen MR) is 75.5 cm³/mol. The summed E-state index contributed by atoms with van der Waals surface area (Å²) < 4.78 is 19.4. The second-order valence-corrected chi connectivity index (χ2v) is 6.16. The molecule has 2 nitrogen and oxygen atoms in total. The summed E-state index contributed by atoms with van der Waals surface area (Å²) in [6, 6.07) is 4.43. The lowest BCUT2D eigenvalue weighted by molar-refractivity contribution is -0.124. The molecule has 1 fully saturated rings. The van der Waals surface area contributed by atoms with Crippen LogP contribution in [0.15, 0.2) is 22.7 Å². The summed E-state index contributed by atoms with van der Waals surface area (Å²) in [4.78, 5) is 12.4. The first-order chi connectivity index (χ1) is 8.90. The number of carbonyl (C=O) groups excluding carboxylic acids is 1. The van der Waals surface area contributed by atoms with Crippen molar-refractivity contribution < 1.29 is 13.9 Å². The molecule has 4 atom stereocenters. The van der Waals surface area contributed by atoms with Crippen molar-refractivity contribution in [2.45, 2.75) is 39.4 Å². The van der Waals surface area contributed by atoms with E-state index >= 15 is 0 Å². The molecule has 0 bridgehead atoms. The number of halogens is 2.